The van der Waals surface area contributed by atoms with Gasteiger partial charge in [-0.3, -0.25) is 9.59 Å². The molecule has 8 nitrogen and oxygen atoms in total. The molecule has 0 spiro atoms. The van der Waals surface area contributed by atoms with E-state index < -0.39 is 24.3 Å². The number of benzene rings is 1. The monoisotopic (exact) mass is 380 g/mol. The molecule has 2 rings (SSSR count). The van der Waals surface area contributed by atoms with Gasteiger partial charge in [0.15, 0.2) is 6.29 Å². The molecule has 27 heavy (non-hydrogen) atoms. The lowest BCUT2D eigenvalue weighted by Gasteiger charge is -2.23. The van der Waals surface area contributed by atoms with Crippen LogP contribution in [0.4, 0.5) is 0 Å². The van der Waals surface area contributed by atoms with Gasteiger partial charge in [0, 0.05) is 11.6 Å². The topological polar surface area (TPSA) is 106 Å². The van der Waals surface area contributed by atoms with Crippen LogP contribution in [0.25, 0.3) is 0 Å². The Hall–Kier alpha value is -2.32. The molecule has 1 aliphatic rings. The van der Waals surface area contributed by atoms with Crippen LogP contribution in [0.1, 0.15) is 37.0 Å². The third-order valence-corrected chi connectivity index (χ3v) is 4.33. The molecule has 1 saturated heterocycles. The van der Waals surface area contributed by atoms with Gasteiger partial charge in [-0.05, 0) is 30.9 Å². The van der Waals surface area contributed by atoms with Crippen molar-refractivity contribution in [2.24, 2.45) is 5.92 Å². The molecule has 3 N–H and O–H groups in total. The van der Waals surface area contributed by atoms with E-state index in [0.29, 0.717) is 36.5 Å². The number of ether oxygens (including phenoxy) is 3. The van der Waals surface area contributed by atoms with Gasteiger partial charge in [-0.25, -0.2) is 0 Å². The lowest BCUT2D eigenvalue weighted by Crippen LogP contribution is -2.51. The molecular weight excluding hydrogens is 352 g/mol. The number of amides is 2. The van der Waals surface area contributed by atoms with Crippen molar-refractivity contribution >= 4 is 11.8 Å². The number of aliphatic hydroxyl groups is 1. The Morgan fingerprint density at radius 1 is 1.22 bits per heavy atom. The van der Waals surface area contributed by atoms with Crippen LogP contribution in [0.5, 0.6) is 11.5 Å². The van der Waals surface area contributed by atoms with Gasteiger partial charge in [-0.1, -0.05) is 13.8 Å². The highest BCUT2D eigenvalue weighted by molar-refractivity contribution is 5.98. The fraction of sp³-hybridized carbons (Fsp3) is 0.579. The zero-order chi connectivity index (χ0) is 20.0. The van der Waals surface area contributed by atoms with Gasteiger partial charge in [-0.2, -0.15) is 0 Å². The van der Waals surface area contributed by atoms with Crippen LogP contribution in [0, 0.1) is 5.92 Å². The van der Waals surface area contributed by atoms with E-state index in [-0.39, 0.29) is 11.8 Å². The summed E-state index contributed by atoms with van der Waals surface area (Å²) >= 11 is 0. The molecule has 1 aromatic carbocycles. The standard InChI is InChI=1S/C19H28N2O6/c1-11(2)7-16(18(23)20-15-5-6-27-19(15)24)21-17(22)12-8-13(25-3)10-14(9-12)26-4/h8-11,15-16,19,24H,5-7H2,1-4H3,(H,20,23)(H,21,22)/t15-,16-,19?/m0/s1. The average Bonchev–Trinajstić information content (AvgIpc) is 3.04. The first-order valence-corrected chi connectivity index (χ1v) is 8.98. The Morgan fingerprint density at radius 3 is 2.33 bits per heavy atom. The molecule has 2 amide bonds. The number of carbonyl (C=O) groups excluding carboxylic acids is 2. The maximum Gasteiger partial charge on any atom is 0.252 e. The van der Waals surface area contributed by atoms with Crippen LogP contribution < -0.4 is 20.1 Å². The van der Waals surface area contributed by atoms with E-state index >= 15 is 0 Å². The van der Waals surface area contributed by atoms with E-state index in [4.69, 9.17) is 14.2 Å². The number of aliphatic hydroxyl groups excluding tert-OH is 1. The van der Waals surface area contributed by atoms with E-state index in [1.165, 1.54) is 14.2 Å². The third-order valence-electron chi connectivity index (χ3n) is 4.33. The molecule has 3 atom stereocenters. The van der Waals surface area contributed by atoms with Crippen molar-refractivity contribution in [3.63, 3.8) is 0 Å². The van der Waals surface area contributed by atoms with Crippen LogP contribution in [-0.4, -0.2) is 56.1 Å². The van der Waals surface area contributed by atoms with Crippen LogP contribution in [0.2, 0.25) is 0 Å². The molecule has 150 valence electrons. The summed E-state index contributed by atoms with van der Waals surface area (Å²) in [4.78, 5) is 25.4. The highest BCUT2D eigenvalue weighted by atomic mass is 16.6. The van der Waals surface area contributed by atoms with Crippen molar-refractivity contribution in [1.82, 2.24) is 10.6 Å². The summed E-state index contributed by atoms with van der Waals surface area (Å²) in [6, 6.07) is 3.62. The van der Waals surface area contributed by atoms with Crippen molar-refractivity contribution in [3.05, 3.63) is 23.8 Å². The molecule has 1 aliphatic heterocycles. The van der Waals surface area contributed by atoms with Crippen molar-refractivity contribution < 1.29 is 28.9 Å². The molecule has 1 aromatic rings. The zero-order valence-electron chi connectivity index (χ0n) is 16.2. The van der Waals surface area contributed by atoms with Crippen LogP contribution in [0.15, 0.2) is 18.2 Å². The van der Waals surface area contributed by atoms with Gasteiger partial charge in [0.25, 0.3) is 5.91 Å². The summed E-state index contributed by atoms with van der Waals surface area (Å²) in [5.74, 6) is 0.398. The number of methoxy groups -OCH3 is 2. The second kappa shape index (κ2) is 9.57. The fourth-order valence-corrected chi connectivity index (χ4v) is 2.88. The summed E-state index contributed by atoms with van der Waals surface area (Å²) in [7, 11) is 3.00. The summed E-state index contributed by atoms with van der Waals surface area (Å²) in [5.41, 5.74) is 0.331. The SMILES string of the molecule is COc1cc(OC)cc(C(=O)N[C@@H](CC(C)C)C(=O)N[C@H]2CCOC2O)c1. The maximum atomic E-state index is 12.7. The van der Waals surface area contributed by atoms with Crippen molar-refractivity contribution in [2.45, 2.75) is 45.1 Å². The van der Waals surface area contributed by atoms with Gasteiger partial charge < -0.3 is 30.0 Å². The Morgan fingerprint density at radius 2 is 1.85 bits per heavy atom. The third kappa shape index (κ3) is 5.83. The second-order valence-corrected chi connectivity index (χ2v) is 6.92. The van der Waals surface area contributed by atoms with Gasteiger partial charge in [0.05, 0.1) is 26.9 Å². The van der Waals surface area contributed by atoms with Crippen molar-refractivity contribution in [3.8, 4) is 11.5 Å². The maximum absolute atomic E-state index is 12.7. The number of rotatable bonds is 8. The molecule has 0 saturated carbocycles. The fourth-order valence-electron chi connectivity index (χ4n) is 2.88. The Kier molecular flexibility index (Phi) is 7.44. The molecule has 0 bridgehead atoms. The summed E-state index contributed by atoms with van der Waals surface area (Å²) in [6.07, 6.45) is -0.0305. The number of hydrogen-bond donors (Lipinski definition) is 3. The highest BCUT2D eigenvalue weighted by Gasteiger charge is 2.31. The summed E-state index contributed by atoms with van der Waals surface area (Å²) < 4.78 is 15.4. The lowest BCUT2D eigenvalue weighted by atomic mass is 10.0. The number of hydrogen-bond acceptors (Lipinski definition) is 6. The largest absolute Gasteiger partial charge is 0.497 e. The van der Waals surface area contributed by atoms with E-state index in [2.05, 4.69) is 10.6 Å². The second-order valence-electron chi connectivity index (χ2n) is 6.92. The van der Waals surface area contributed by atoms with Gasteiger partial charge in [0.1, 0.15) is 17.5 Å². The highest BCUT2D eigenvalue weighted by Crippen LogP contribution is 2.22. The van der Waals surface area contributed by atoms with Gasteiger partial charge in [0.2, 0.25) is 5.91 Å². The predicted octanol–water partition coefficient (Wildman–Crippen LogP) is 1.07. The van der Waals surface area contributed by atoms with E-state index in [0.717, 1.165) is 0 Å². The molecule has 0 aliphatic carbocycles. The molecular formula is C19H28N2O6. The molecule has 1 fully saturated rings. The molecule has 0 aromatic heterocycles. The van der Waals surface area contributed by atoms with Crippen LogP contribution >= 0.6 is 0 Å². The smallest absolute Gasteiger partial charge is 0.252 e. The first-order chi connectivity index (χ1) is 12.8. The molecule has 1 unspecified atom stereocenters. The minimum atomic E-state index is -1.02. The molecule has 8 heteroatoms. The summed E-state index contributed by atoms with van der Waals surface area (Å²) in [5, 5.41) is 15.3. The minimum Gasteiger partial charge on any atom is -0.497 e. The average molecular weight is 380 g/mol. The van der Waals surface area contributed by atoms with Crippen molar-refractivity contribution in [2.75, 3.05) is 20.8 Å². The molecule has 0 radical (unpaired) electrons. The van der Waals surface area contributed by atoms with Crippen LogP contribution in [-0.2, 0) is 9.53 Å². The minimum absolute atomic E-state index is 0.186. The van der Waals surface area contributed by atoms with E-state index in [9.17, 15) is 14.7 Å². The van der Waals surface area contributed by atoms with Crippen molar-refractivity contribution in [1.29, 1.82) is 0 Å². The Labute approximate surface area is 159 Å². The van der Waals surface area contributed by atoms with E-state index in [1.807, 2.05) is 13.8 Å². The lowest BCUT2D eigenvalue weighted by molar-refractivity contribution is -0.127. The van der Waals surface area contributed by atoms with Crippen LogP contribution in [0.3, 0.4) is 0 Å². The Balaban J connectivity index is 2.12. The van der Waals surface area contributed by atoms with E-state index in [1.54, 1.807) is 18.2 Å². The first-order valence-electron chi connectivity index (χ1n) is 8.98. The Bertz CT molecular complexity index is 641. The quantitative estimate of drug-likeness (QED) is 0.623. The normalized spacial score (nSPS) is 20.2. The number of carbonyl (C=O) groups is 2. The predicted molar refractivity (Wildman–Crippen MR) is 98.8 cm³/mol. The van der Waals surface area contributed by atoms with Gasteiger partial charge in [-0.15, -0.1) is 0 Å². The number of nitrogens with one attached hydrogen (secondary N) is 2. The first kappa shape index (κ1) is 21.0. The van der Waals surface area contributed by atoms with Gasteiger partial charge >= 0.3 is 0 Å². The molecule has 1 heterocycles. The zero-order valence-corrected chi connectivity index (χ0v) is 16.2. The summed E-state index contributed by atoms with van der Waals surface area (Å²) in [6.45, 7) is 4.32.